The Labute approximate surface area is 148 Å². The first kappa shape index (κ1) is 18.2. The summed E-state index contributed by atoms with van der Waals surface area (Å²) < 4.78 is 0. The first-order valence-electron chi connectivity index (χ1n) is 10.4. The average Bonchev–Trinajstić information content (AvgIpc) is 2.52. The van der Waals surface area contributed by atoms with Crippen molar-refractivity contribution in [1.29, 1.82) is 0 Å². The van der Waals surface area contributed by atoms with Crippen molar-refractivity contribution in [2.75, 3.05) is 13.1 Å². The third-order valence-electron chi connectivity index (χ3n) is 7.11. The van der Waals surface area contributed by atoms with Crippen molar-refractivity contribution in [2.45, 2.75) is 91.1 Å². The van der Waals surface area contributed by atoms with Crippen molar-refractivity contribution < 1.29 is 4.79 Å². The van der Waals surface area contributed by atoms with E-state index in [0.717, 1.165) is 37.8 Å². The van der Waals surface area contributed by atoms with Gasteiger partial charge in [0, 0.05) is 31.1 Å². The fraction of sp³-hybridized carbons (Fsp3) is 0.952. The molecule has 0 bridgehead atoms. The summed E-state index contributed by atoms with van der Waals surface area (Å²) in [4.78, 5) is 15.1. The van der Waals surface area contributed by atoms with Crippen molar-refractivity contribution in [3.05, 3.63) is 0 Å². The number of nitrogens with one attached hydrogen (secondary N) is 1. The minimum Gasteiger partial charge on any atom is -0.342 e. The van der Waals surface area contributed by atoms with E-state index in [4.69, 9.17) is 0 Å². The molecule has 3 aliphatic rings. The highest BCUT2D eigenvalue weighted by atomic mass is 16.2. The predicted octanol–water partition coefficient (Wildman–Crippen LogP) is 4.22. The Kier molecular flexibility index (Phi) is 5.58. The van der Waals surface area contributed by atoms with Gasteiger partial charge in [-0.3, -0.25) is 4.79 Å². The molecule has 1 N–H and O–H groups in total. The maximum Gasteiger partial charge on any atom is 0.225 e. The molecule has 1 aliphatic heterocycles. The number of nitrogens with zero attached hydrogens (tertiary/aromatic N) is 1. The van der Waals surface area contributed by atoms with Crippen molar-refractivity contribution in [3.8, 4) is 0 Å². The van der Waals surface area contributed by atoms with E-state index in [2.05, 4.69) is 37.9 Å². The molecular formula is C21H38N2O. The summed E-state index contributed by atoms with van der Waals surface area (Å²) in [5.74, 6) is 2.54. The monoisotopic (exact) mass is 334 g/mol. The Morgan fingerprint density at radius 1 is 1.00 bits per heavy atom. The fourth-order valence-electron chi connectivity index (χ4n) is 5.37. The van der Waals surface area contributed by atoms with E-state index >= 15 is 0 Å². The first-order chi connectivity index (χ1) is 11.4. The Hall–Kier alpha value is -0.570. The molecule has 1 saturated heterocycles. The number of carbonyl (C=O) groups excluding carboxylic acids is 1. The number of carbonyl (C=O) groups is 1. The lowest BCUT2D eigenvalue weighted by Crippen LogP contribution is -2.51. The van der Waals surface area contributed by atoms with Crippen LogP contribution in [0.15, 0.2) is 0 Å². The summed E-state index contributed by atoms with van der Waals surface area (Å²) in [7, 11) is 0. The van der Waals surface area contributed by atoms with E-state index < -0.39 is 0 Å². The second-order valence-electron chi connectivity index (χ2n) is 9.61. The number of hydrogen-bond acceptors (Lipinski definition) is 2. The van der Waals surface area contributed by atoms with Crippen LogP contribution in [0.1, 0.15) is 79.1 Å². The van der Waals surface area contributed by atoms with Crippen molar-refractivity contribution in [3.63, 3.8) is 0 Å². The van der Waals surface area contributed by atoms with Crippen LogP contribution in [0, 0.1) is 23.2 Å². The van der Waals surface area contributed by atoms with E-state index in [0.29, 0.717) is 29.3 Å². The van der Waals surface area contributed by atoms with E-state index in [9.17, 15) is 4.79 Å². The van der Waals surface area contributed by atoms with Crippen LogP contribution in [-0.4, -0.2) is 36.0 Å². The summed E-state index contributed by atoms with van der Waals surface area (Å²) in [6.07, 6.45) is 9.85. The molecule has 3 rings (SSSR count). The quantitative estimate of drug-likeness (QED) is 0.835. The second-order valence-corrected chi connectivity index (χ2v) is 9.61. The molecular weight excluding hydrogens is 296 g/mol. The van der Waals surface area contributed by atoms with Gasteiger partial charge in [0.25, 0.3) is 0 Å². The predicted molar refractivity (Wildman–Crippen MR) is 99.8 cm³/mol. The maximum absolute atomic E-state index is 12.9. The number of rotatable bonds is 4. The Morgan fingerprint density at radius 2 is 1.58 bits per heavy atom. The van der Waals surface area contributed by atoms with Gasteiger partial charge in [-0.25, -0.2) is 0 Å². The van der Waals surface area contributed by atoms with E-state index in [-0.39, 0.29) is 0 Å². The van der Waals surface area contributed by atoms with E-state index in [1.807, 2.05) is 0 Å². The summed E-state index contributed by atoms with van der Waals surface area (Å²) in [6, 6.07) is 1.18. The summed E-state index contributed by atoms with van der Waals surface area (Å²) >= 11 is 0. The van der Waals surface area contributed by atoms with Gasteiger partial charge in [0.1, 0.15) is 0 Å². The molecule has 1 heterocycles. The van der Waals surface area contributed by atoms with Gasteiger partial charge < -0.3 is 10.2 Å². The molecule has 1 spiro atoms. The molecule has 0 aromatic rings. The zero-order valence-electron chi connectivity index (χ0n) is 16.3. The van der Waals surface area contributed by atoms with Crippen LogP contribution in [0.5, 0.6) is 0 Å². The number of piperidine rings is 1. The van der Waals surface area contributed by atoms with E-state index in [1.54, 1.807) is 0 Å². The Morgan fingerprint density at radius 3 is 2.08 bits per heavy atom. The van der Waals surface area contributed by atoms with Crippen molar-refractivity contribution >= 4 is 5.91 Å². The standard InChI is InChI=1S/C21H38N2O/c1-15(2)18-13-21(14-18)9-11-23(12-10-21)20(24)17-5-7-19(8-6-17)22-16(3)4/h15-19,22H,5-14H2,1-4H3. The van der Waals surface area contributed by atoms with E-state index in [1.165, 1.54) is 38.5 Å². The van der Waals surface area contributed by atoms with Gasteiger partial charge in [-0.2, -0.15) is 0 Å². The second kappa shape index (κ2) is 7.35. The molecule has 0 aromatic heterocycles. The maximum atomic E-state index is 12.9. The highest BCUT2D eigenvalue weighted by Crippen LogP contribution is 2.54. The van der Waals surface area contributed by atoms with Crippen LogP contribution in [0.25, 0.3) is 0 Å². The average molecular weight is 335 g/mol. The molecule has 0 unspecified atom stereocenters. The van der Waals surface area contributed by atoms with Crippen LogP contribution < -0.4 is 5.32 Å². The topological polar surface area (TPSA) is 32.3 Å². The van der Waals surface area contributed by atoms with Gasteiger partial charge in [-0.05, 0) is 68.6 Å². The molecule has 2 saturated carbocycles. The lowest BCUT2D eigenvalue weighted by molar-refractivity contribution is -0.141. The highest BCUT2D eigenvalue weighted by molar-refractivity contribution is 5.79. The lowest BCUT2D eigenvalue weighted by atomic mass is 9.55. The molecule has 24 heavy (non-hydrogen) atoms. The Bertz CT molecular complexity index is 421. The first-order valence-corrected chi connectivity index (χ1v) is 10.4. The smallest absolute Gasteiger partial charge is 0.225 e. The van der Waals surface area contributed by atoms with Gasteiger partial charge in [0.2, 0.25) is 5.91 Å². The number of likely N-dealkylation sites (tertiary alicyclic amines) is 1. The zero-order valence-corrected chi connectivity index (χ0v) is 16.3. The van der Waals surface area contributed by atoms with Crippen LogP contribution in [0.2, 0.25) is 0 Å². The highest BCUT2D eigenvalue weighted by Gasteiger charge is 2.47. The minimum absolute atomic E-state index is 0.300. The zero-order chi connectivity index (χ0) is 17.3. The fourth-order valence-corrected chi connectivity index (χ4v) is 5.37. The normalized spacial score (nSPS) is 30.8. The summed E-state index contributed by atoms with van der Waals surface area (Å²) in [5.41, 5.74) is 0.602. The van der Waals surface area contributed by atoms with Gasteiger partial charge in [0.15, 0.2) is 0 Å². The van der Waals surface area contributed by atoms with Crippen LogP contribution in [-0.2, 0) is 4.79 Å². The molecule has 0 atom stereocenters. The van der Waals surface area contributed by atoms with Crippen LogP contribution in [0.4, 0.5) is 0 Å². The molecule has 3 nitrogen and oxygen atoms in total. The van der Waals surface area contributed by atoms with Crippen molar-refractivity contribution in [1.82, 2.24) is 10.2 Å². The third-order valence-corrected chi connectivity index (χ3v) is 7.11. The molecule has 3 fully saturated rings. The summed E-state index contributed by atoms with van der Waals surface area (Å²) in [5, 5.41) is 3.63. The molecule has 1 amide bonds. The van der Waals surface area contributed by atoms with Gasteiger partial charge >= 0.3 is 0 Å². The largest absolute Gasteiger partial charge is 0.342 e. The Balaban J connectivity index is 1.42. The van der Waals surface area contributed by atoms with Gasteiger partial charge in [-0.1, -0.05) is 27.7 Å². The molecule has 138 valence electrons. The summed E-state index contributed by atoms with van der Waals surface area (Å²) in [6.45, 7) is 11.2. The SMILES string of the molecule is CC(C)NC1CCC(C(=O)N2CCC3(CC2)CC(C(C)C)C3)CC1. The van der Waals surface area contributed by atoms with Crippen molar-refractivity contribution in [2.24, 2.45) is 23.2 Å². The van der Waals surface area contributed by atoms with Crippen LogP contribution >= 0.6 is 0 Å². The number of hydrogen-bond donors (Lipinski definition) is 1. The number of amides is 1. The lowest BCUT2D eigenvalue weighted by Gasteiger charge is -2.54. The van der Waals surface area contributed by atoms with Gasteiger partial charge in [-0.15, -0.1) is 0 Å². The van der Waals surface area contributed by atoms with Gasteiger partial charge in [0.05, 0.1) is 0 Å². The third kappa shape index (κ3) is 3.98. The molecule has 0 radical (unpaired) electrons. The molecule has 3 heteroatoms. The minimum atomic E-state index is 0.300. The van der Waals surface area contributed by atoms with Crippen LogP contribution in [0.3, 0.4) is 0 Å². The molecule has 2 aliphatic carbocycles. The molecule has 0 aromatic carbocycles.